The van der Waals surface area contributed by atoms with Crippen molar-refractivity contribution in [2.24, 2.45) is 7.05 Å². The molecule has 0 spiro atoms. The van der Waals surface area contributed by atoms with Gasteiger partial charge in [-0.1, -0.05) is 18.2 Å². The zero-order valence-electron chi connectivity index (χ0n) is 14.8. The first-order valence-corrected chi connectivity index (χ1v) is 8.13. The van der Waals surface area contributed by atoms with Crippen LogP contribution in [-0.4, -0.2) is 37.6 Å². The second kappa shape index (κ2) is 6.84. The molecular weight excluding hydrogens is 314 g/mol. The Morgan fingerprint density at radius 3 is 2.64 bits per heavy atom. The minimum atomic E-state index is -0.118. The number of hydrogen-bond donors (Lipinski definition) is 0. The lowest BCUT2D eigenvalue weighted by atomic mass is 10.1. The van der Waals surface area contributed by atoms with Gasteiger partial charge in [0.15, 0.2) is 5.82 Å². The zero-order valence-corrected chi connectivity index (χ0v) is 14.8. The summed E-state index contributed by atoms with van der Waals surface area (Å²) in [5.74, 6) is 1.38. The van der Waals surface area contributed by atoms with E-state index in [4.69, 9.17) is 0 Å². The summed E-state index contributed by atoms with van der Waals surface area (Å²) in [6, 6.07) is 13.0. The van der Waals surface area contributed by atoms with E-state index in [1.807, 2.05) is 63.4 Å². The quantitative estimate of drug-likeness (QED) is 0.735. The molecule has 0 bridgehead atoms. The molecule has 2 heterocycles. The topological polar surface area (TPSA) is 63.9 Å². The third-order valence-electron chi connectivity index (χ3n) is 4.37. The molecule has 2 aromatic heterocycles. The first kappa shape index (κ1) is 16.8. The largest absolute Gasteiger partial charge is 0.333 e. The Bertz CT molecular complexity index is 868. The first-order valence-electron chi connectivity index (χ1n) is 8.13. The summed E-state index contributed by atoms with van der Waals surface area (Å²) in [5.41, 5.74) is 2.29. The number of carbonyl (C=O) groups is 1. The maximum absolute atomic E-state index is 12.9. The van der Waals surface area contributed by atoms with Gasteiger partial charge in [-0.15, -0.1) is 0 Å². The summed E-state index contributed by atoms with van der Waals surface area (Å²) in [4.78, 5) is 23.3. The van der Waals surface area contributed by atoms with E-state index in [0.29, 0.717) is 11.4 Å². The fraction of sp³-hybridized carbons (Fsp3) is 0.263. The number of carbonyl (C=O) groups excluding carboxylic acids is 1. The molecule has 1 atom stereocenters. The maximum atomic E-state index is 12.9. The van der Waals surface area contributed by atoms with E-state index in [0.717, 1.165) is 17.1 Å². The van der Waals surface area contributed by atoms with E-state index in [1.54, 1.807) is 22.8 Å². The van der Waals surface area contributed by atoms with Gasteiger partial charge in [-0.3, -0.25) is 14.5 Å². The Morgan fingerprint density at radius 1 is 1.20 bits per heavy atom. The van der Waals surface area contributed by atoms with Gasteiger partial charge >= 0.3 is 0 Å². The van der Waals surface area contributed by atoms with Crippen molar-refractivity contribution in [3.8, 4) is 11.4 Å². The van der Waals surface area contributed by atoms with Gasteiger partial charge in [0.25, 0.3) is 5.91 Å². The van der Waals surface area contributed by atoms with E-state index in [-0.39, 0.29) is 11.9 Å². The number of aryl methyl sites for hydroxylation is 2. The molecule has 3 rings (SSSR count). The van der Waals surface area contributed by atoms with E-state index < -0.39 is 0 Å². The number of amides is 1. The fourth-order valence-corrected chi connectivity index (χ4v) is 2.58. The Balaban J connectivity index is 1.86. The zero-order chi connectivity index (χ0) is 18.0. The third-order valence-corrected chi connectivity index (χ3v) is 4.37. The average Bonchev–Trinajstić information content (AvgIpc) is 2.99. The maximum Gasteiger partial charge on any atom is 0.254 e. The summed E-state index contributed by atoms with van der Waals surface area (Å²) < 4.78 is 1.72. The molecule has 6 nitrogen and oxygen atoms in total. The van der Waals surface area contributed by atoms with Crippen molar-refractivity contribution in [1.82, 2.24) is 24.6 Å². The Hall–Kier alpha value is -3.02. The van der Waals surface area contributed by atoms with Crippen LogP contribution in [-0.2, 0) is 7.05 Å². The summed E-state index contributed by atoms with van der Waals surface area (Å²) in [6.45, 7) is 3.86. The number of aromatic nitrogens is 4. The molecule has 0 fully saturated rings. The van der Waals surface area contributed by atoms with Gasteiger partial charge in [-0.2, -0.15) is 5.10 Å². The van der Waals surface area contributed by atoms with E-state index in [9.17, 15) is 4.79 Å². The lowest BCUT2D eigenvalue weighted by molar-refractivity contribution is 0.0740. The molecule has 0 aliphatic rings. The average molecular weight is 335 g/mol. The molecule has 128 valence electrons. The molecule has 3 aromatic rings. The number of benzene rings is 1. The fourth-order valence-electron chi connectivity index (χ4n) is 2.58. The van der Waals surface area contributed by atoms with Gasteiger partial charge < -0.3 is 4.90 Å². The highest BCUT2D eigenvalue weighted by Gasteiger charge is 2.20. The van der Waals surface area contributed by atoms with Gasteiger partial charge in [0.2, 0.25) is 0 Å². The lowest BCUT2D eigenvalue weighted by Crippen LogP contribution is -2.30. The number of pyridine rings is 1. The van der Waals surface area contributed by atoms with Crippen molar-refractivity contribution in [3.05, 3.63) is 65.7 Å². The van der Waals surface area contributed by atoms with Crippen molar-refractivity contribution in [3.63, 3.8) is 0 Å². The molecule has 1 aromatic carbocycles. The van der Waals surface area contributed by atoms with Gasteiger partial charge in [-0.05, 0) is 38.1 Å². The van der Waals surface area contributed by atoms with Gasteiger partial charge in [0, 0.05) is 31.4 Å². The monoisotopic (exact) mass is 335 g/mol. The Kier molecular flexibility index (Phi) is 4.61. The van der Waals surface area contributed by atoms with Crippen LogP contribution in [0.25, 0.3) is 11.4 Å². The highest BCUT2D eigenvalue weighted by atomic mass is 16.2. The van der Waals surface area contributed by atoms with Crippen LogP contribution in [0.3, 0.4) is 0 Å². The van der Waals surface area contributed by atoms with Crippen molar-refractivity contribution in [2.45, 2.75) is 19.9 Å². The van der Waals surface area contributed by atoms with Crippen molar-refractivity contribution in [1.29, 1.82) is 0 Å². The minimum Gasteiger partial charge on any atom is -0.333 e. The van der Waals surface area contributed by atoms with Gasteiger partial charge in [0.05, 0.1) is 11.7 Å². The number of nitrogens with zero attached hydrogens (tertiary/aromatic N) is 5. The van der Waals surface area contributed by atoms with Crippen LogP contribution < -0.4 is 0 Å². The molecule has 1 unspecified atom stereocenters. The number of hydrogen-bond acceptors (Lipinski definition) is 4. The molecule has 0 N–H and O–H groups in total. The summed E-state index contributed by atoms with van der Waals surface area (Å²) >= 11 is 0. The van der Waals surface area contributed by atoms with Crippen LogP contribution in [0, 0.1) is 6.92 Å². The van der Waals surface area contributed by atoms with Crippen LogP contribution in [0.2, 0.25) is 0 Å². The molecule has 1 amide bonds. The second-order valence-electron chi connectivity index (χ2n) is 6.03. The predicted octanol–water partition coefficient (Wildman–Crippen LogP) is 3.02. The SMILES string of the molecule is Cc1nc(-c2cccc(C(=O)N(C)C(C)c3ccccn3)c2)nn1C. The van der Waals surface area contributed by atoms with E-state index in [1.165, 1.54) is 0 Å². The van der Waals surface area contributed by atoms with Gasteiger partial charge in [-0.25, -0.2) is 4.98 Å². The van der Waals surface area contributed by atoms with Crippen molar-refractivity contribution < 1.29 is 4.79 Å². The standard InChI is InChI=1S/C19H21N5O/c1-13(17-10-5-6-11-20-17)23(3)19(25)16-9-7-8-15(12-16)18-21-14(2)24(4)22-18/h5-13H,1-4H3. The highest BCUT2D eigenvalue weighted by molar-refractivity contribution is 5.95. The normalized spacial score (nSPS) is 12.0. The molecule has 0 saturated carbocycles. The van der Waals surface area contributed by atoms with Crippen LogP contribution in [0.15, 0.2) is 48.7 Å². The summed E-state index contributed by atoms with van der Waals surface area (Å²) in [7, 11) is 3.64. The van der Waals surface area contributed by atoms with Crippen LogP contribution in [0.5, 0.6) is 0 Å². The molecule has 0 aliphatic heterocycles. The Labute approximate surface area is 147 Å². The van der Waals surface area contributed by atoms with Gasteiger partial charge in [0.1, 0.15) is 5.82 Å². The molecular formula is C19H21N5O. The van der Waals surface area contributed by atoms with Crippen LogP contribution in [0.4, 0.5) is 0 Å². The van der Waals surface area contributed by atoms with Crippen LogP contribution >= 0.6 is 0 Å². The Morgan fingerprint density at radius 2 is 2.00 bits per heavy atom. The highest BCUT2D eigenvalue weighted by Crippen LogP contribution is 2.21. The number of rotatable bonds is 4. The third kappa shape index (κ3) is 3.42. The summed E-state index contributed by atoms with van der Waals surface area (Å²) in [5, 5.41) is 4.38. The first-order chi connectivity index (χ1) is 12.0. The molecule has 0 saturated heterocycles. The second-order valence-corrected chi connectivity index (χ2v) is 6.03. The molecule has 6 heteroatoms. The minimum absolute atomic E-state index is 0.0624. The smallest absolute Gasteiger partial charge is 0.254 e. The lowest BCUT2D eigenvalue weighted by Gasteiger charge is -2.24. The van der Waals surface area contributed by atoms with E-state index >= 15 is 0 Å². The molecule has 0 radical (unpaired) electrons. The summed E-state index contributed by atoms with van der Waals surface area (Å²) in [6.07, 6.45) is 1.74. The van der Waals surface area contributed by atoms with Crippen molar-refractivity contribution >= 4 is 5.91 Å². The predicted molar refractivity (Wildman–Crippen MR) is 95.9 cm³/mol. The van der Waals surface area contributed by atoms with E-state index in [2.05, 4.69) is 15.1 Å². The van der Waals surface area contributed by atoms with Crippen LogP contribution in [0.1, 0.15) is 34.8 Å². The molecule has 25 heavy (non-hydrogen) atoms. The van der Waals surface area contributed by atoms with Crippen molar-refractivity contribution in [2.75, 3.05) is 7.05 Å². The molecule has 0 aliphatic carbocycles.